The van der Waals surface area contributed by atoms with Crippen LogP contribution in [0.2, 0.25) is 0 Å². The van der Waals surface area contributed by atoms with Crippen molar-refractivity contribution >= 4 is 0 Å². The molecule has 0 saturated heterocycles. The van der Waals surface area contributed by atoms with E-state index in [1.54, 1.807) is 0 Å². The van der Waals surface area contributed by atoms with Crippen molar-refractivity contribution in [2.75, 3.05) is 0 Å². The topological polar surface area (TPSA) is 33.0 Å². The van der Waals surface area contributed by atoms with Crippen LogP contribution in [-0.4, -0.2) is 11.7 Å². The molecule has 58 valence electrons. The number of hydrogen-bond donors (Lipinski definition) is 0. The van der Waals surface area contributed by atoms with Crippen LogP contribution < -0.4 is 0 Å². The van der Waals surface area contributed by atoms with Crippen molar-refractivity contribution in [3.63, 3.8) is 0 Å². The van der Waals surface area contributed by atoms with E-state index in [0.29, 0.717) is 6.42 Å². The smallest absolute Gasteiger partial charge is 0.0759 e. The van der Waals surface area contributed by atoms with Gasteiger partial charge in [-0.2, -0.15) is 5.26 Å². The van der Waals surface area contributed by atoms with Crippen LogP contribution in [0.3, 0.4) is 0 Å². The number of ether oxygens (including phenoxy) is 1. The van der Waals surface area contributed by atoms with Gasteiger partial charge in [0.05, 0.1) is 24.2 Å². The normalized spacial score (nSPS) is 11.6. The maximum absolute atomic E-state index is 8.38. The van der Waals surface area contributed by atoms with Gasteiger partial charge < -0.3 is 4.74 Å². The minimum Gasteiger partial charge on any atom is -0.372 e. The van der Waals surface area contributed by atoms with Crippen molar-refractivity contribution in [3.8, 4) is 6.07 Å². The van der Waals surface area contributed by atoms with Gasteiger partial charge in [0.15, 0.2) is 0 Å². The molecule has 0 heterocycles. The third-order valence-corrected chi connectivity index (χ3v) is 1.06. The second-order valence-electron chi connectivity index (χ2n) is 3.26. The molecule has 0 spiro atoms. The molecule has 0 aromatic carbocycles. The van der Waals surface area contributed by atoms with Crippen LogP contribution in [0.4, 0.5) is 0 Å². The molecular formula is C8H15NO. The Balaban J connectivity index is 3.77. The predicted octanol–water partition coefficient (Wildman–Crippen LogP) is 2.10. The van der Waals surface area contributed by atoms with Crippen LogP contribution in [0.5, 0.6) is 0 Å². The molecule has 0 radical (unpaired) electrons. The van der Waals surface area contributed by atoms with Crippen LogP contribution in [0, 0.1) is 11.3 Å². The monoisotopic (exact) mass is 141 g/mol. The first-order valence-corrected chi connectivity index (χ1v) is 3.53. The van der Waals surface area contributed by atoms with E-state index in [1.165, 1.54) is 0 Å². The van der Waals surface area contributed by atoms with Crippen LogP contribution >= 0.6 is 0 Å². The molecule has 0 saturated carbocycles. The van der Waals surface area contributed by atoms with Gasteiger partial charge in [-0.1, -0.05) is 0 Å². The van der Waals surface area contributed by atoms with Crippen molar-refractivity contribution in [1.29, 1.82) is 5.26 Å². The molecule has 0 aromatic heterocycles. The van der Waals surface area contributed by atoms with Gasteiger partial charge in [-0.25, -0.2) is 0 Å². The minimum absolute atomic E-state index is 0.198. The van der Waals surface area contributed by atoms with E-state index in [0.717, 1.165) is 0 Å². The largest absolute Gasteiger partial charge is 0.372 e. The van der Waals surface area contributed by atoms with Crippen LogP contribution in [0.25, 0.3) is 0 Å². The summed E-state index contributed by atoms with van der Waals surface area (Å²) >= 11 is 0. The van der Waals surface area contributed by atoms with Gasteiger partial charge in [0.25, 0.3) is 0 Å². The molecule has 0 rings (SSSR count). The Hall–Kier alpha value is -0.550. The third kappa shape index (κ3) is 4.34. The lowest BCUT2D eigenvalue weighted by atomic mass is 10.1. The van der Waals surface area contributed by atoms with E-state index in [4.69, 9.17) is 10.00 Å². The maximum atomic E-state index is 8.38. The lowest BCUT2D eigenvalue weighted by Crippen LogP contribution is -2.27. The Morgan fingerprint density at radius 2 is 2.00 bits per heavy atom. The first kappa shape index (κ1) is 9.45. The van der Waals surface area contributed by atoms with Gasteiger partial charge in [0, 0.05) is 0 Å². The number of nitriles is 1. The van der Waals surface area contributed by atoms with Gasteiger partial charge >= 0.3 is 0 Å². The Bertz CT molecular complexity index is 133. The van der Waals surface area contributed by atoms with Crippen molar-refractivity contribution in [3.05, 3.63) is 0 Å². The Labute approximate surface area is 62.8 Å². The van der Waals surface area contributed by atoms with Gasteiger partial charge in [0.2, 0.25) is 0 Å². The van der Waals surface area contributed by atoms with Crippen molar-refractivity contribution in [2.24, 2.45) is 0 Å². The molecule has 0 aliphatic heterocycles. The summed E-state index contributed by atoms with van der Waals surface area (Å²) < 4.78 is 5.46. The zero-order valence-corrected chi connectivity index (χ0v) is 7.14. The molecule has 2 nitrogen and oxygen atoms in total. The molecule has 0 aliphatic rings. The van der Waals surface area contributed by atoms with Crippen LogP contribution in [0.1, 0.15) is 34.1 Å². The first-order chi connectivity index (χ1) is 4.48. The lowest BCUT2D eigenvalue weighted by molar-refractivity contribution is -0.0520. The molecule has 0 aliphatic carbocycles. The quantitative estimate of drug-likeness (QED) is 0.603. The highest BCUT2D eigenvalue weighted by atomic mass is 16.5. The fourth-order valence-electron chi connectivity index (χ4n) is 0.870. The summed E-state index contributed by atoms with van der Waals surface area (Å²) in [6.07, 6.45) is 0.647. The van der Waals surface area contributed by atoms with Crippen molar-refractivity contribution in [1.82, 2.24) is 0 Å². The summed E-state index contributed by atoms with van der Waals surface area (Å²) in [7, 11) is 0. The van der Waals surface area contributed by atoms with E-state index >= 15 is 0 Å². The summed E-state index contributed by atoms with van der Waals surface area (Å²) in [6, 6.07) is 2.09. The summed E-state index contributed by atoms with van der Waals surface area (Å²) in [5.74, 6) is 0. The number of nitrogens with zero attached hydrogens (tertiary/aromatic N) is 1. The number of rotatable bonds is 3. The lowest BCUT2D eigenvalue weighted by Gasteiger charge is -2.24. The average molecular weight is 141 g/mol. The van der Waals surface area contributed by atoms with Crippen LogP contribution in [-0.2, 0) is 4.74 Å². The van der Waals surface area contributed by atoms with E-state index in [1.807, 2.05) is 27.7 Å². The van der Waals surface area contributed by atoms with Gasteiger partial charge in [-0.05, 0) is 27.7 Å². The zero-order chi connectivity index (χ0) is 8.20. The SMILES string of the molecule is CC(C)OC(C)(C)CC#N. The molecule has 2 heteroatoms. The van der Waals surface area contributed by atoms with Crippen molar-refractivity contribution < 1.29 is 4.74 Å². The first-order valence-electron chi connectivity index (χ1n) is 3.53. The second kappa shape index (κ2) is 3.58. The molecule has 0 bridgehead atoms. The standard InChI is InChI=1S/C8H15NO/c1-7(2)10-8(3,4)5-6-9/h7H,5H2,1-4H3. The third-order valence-electron chi connectivity index (χ3n) is 1.06. The molecular weight excluding hydrogens is 126 g/mol. The average Bonchev–Trinajstić information content (AvgIpc) is 1.59. The predicted molar refractivity (Wildman–Crippen MR) is 40.5 cm³/mol. The highest BCUT2D eigenvalue weighted by Gasteiger charge is 2.18. The summed E-state index contributed by atoms with van der Waals surface area (Å²) in [4.78, 5) is 0. The van der Waals surface area contributed by atoms with E-state index in [-0.39, 0.29) is 11.7 Å². The van der Waals surface area contributed by atoms with E-state index < -0.39 is 0 Å². The van der Waals surface area contributed by atoms with Crippen LogP contribution in [0.15, 0.2) is 0 Å². The fraction of sp³-hybridized carbons (Fsp3) is 0.875. The second-order valence-corrected chi connectivity index (χ2v) is 3.26. The highest BCUT2D eigenvalue weighted by molar-refractivity contribution is 4.83. The van der Waals surface area contributed by atoms with Gasteiger partial charge in [-0.3, -0.25) is 0 Å². The zero-order valence-electron chi connectivity index (χ0n) is 7.14. The Morgan fingerprint density at radius 1 is 1.50 bits per heavy atom. The fourth-order valence-corrected chi connectivity index (χ4v) is 0.870. The molecule has 0 fully saturated rings. The van der Waals surface area contributed by atoms with E-state index in [2.05, 4.69) is 6.07 Å². The maximum Gasteiger partial charge on any atom is 0.0759 e. The summed E-state index contributed by atoms with van der Waals surface area (Å²) in [6.45, 7) is 7.80. The Kier molecular flexibility index (Phi) is 3.38. The Morgan fingerprint density at radius 3 is 2.30 bits per heavy atom. The molecule has 0 N–H and O–H groups in total. The summed E-state index contributed by atoms with van der Waals surface area (Å²) in [5, 5.41) is 8.38. The van der Waals surface area contributed by atoms with Gasteiger partial charge in [0.1, 0.15) is 0 Å². The van der Waals surface area contributed by atoms with E-state index in [9.17, 15) is 0 Å². The summed E-state index contributed by atoms with van der Waals surface area (Å²) in [5.41, 5.74) is -0.289. The highest BCUT2D eigenvalue weighted by Crippen LogP contribution is 2.15. The minimum atomic E-state index is -0.289. The molecule has 0 atom stereocenters. The molecule has 0 aromatic rings. The molecule has 10 heavy (non-hydrogen) atoms. The van der Waals surface area contributed by atoms with Gasteiger partial charge in [-0.15, -0.1) is 0 Å². The number of hydrogen-bond acceptors (Lipinski definition) is 2. The molecule has 0 amide bonds. The van der Waals surface area contributed by atoms with Crippen molar-refractivity contribution in [2.45, 2.75) is 45.8 Å². The molecule has 0 unspecified atom stereocenters.